The molecule has 1 unspecified atom stereocenters. The van der Waals surface area contributed by atoms with Crippen molar-refractivity contribution in [2.75, 3.05) is 7.05 Å². The zero-order valence-corrected chi connectivity index (χ0v) is 13.9. The quantitative estimate of drug-likeness (QED) is 0.760. The molecule has 0 amide bonds. The molecule has 0 aliphatic heterocycles. The van der Waals surface area contributed by atoms with E-state index in [0.29, 0.717) is 12.0 Å². The molecular weight excluding hydrogens is 285 g/mol. The lowest BCUT2D eigenvalue weighted by molar-refractivity contribution is 0.217. The second-order valence-corrected chi connectivity index (χ2v) is 6.76. The SMILES string of the molecule is CCCC1CCC(C(Cc2cccc(F)c2Cl)NC)CC1. The molecule has 0 heterocycles. The number of rotatable bonds is 6. The van der Waals surface area contributed by atoms with Gasteiger partial charge in [0, 0.05) is 6.04 Å². The lowest BCUT2D eigenvalue weighted by Gasteiger charge is -2.34. The molecule has 1 saturated carbocycles. The van der Waals surface area contributed by atoms with Gasteiger partial charge in [-0.15, -0.1) is 0 Å². The van der Waals surface area contributed by atoms with Gasteiger partial charge in [0.05, 0.1) is 5.02 Å². The fraction of sp³-hybridized carbons (Fsp3) is 0.667. The summed E-state index contributed by atoms with van der Waals surface area (Å²) in [6.45, 7) is 2.27. The van der Waals surface area contributed by atoms with Crippen molar-refractivity contribution in [3.8, 4) is 0 Å². The molecule has 0 saturated heterocycles. The average Bonchev–Trinajstić information content (AvgIpc) is 2.50. The van der Waals surface area contributed by atoms with Crippen molar-refractivity contribution in [2.24, 2.45) is 11.8 Å². The summed E-state index contributed by atoms with van der Waals surface area (Å²) >= 11 is 6.09. The van der Waals surface area contributed by atoms with E-state index < -0.39 is 0 Å². The first-order chi connectivity index (χ1) is 10.2. The average molecular weight is 312 g/mol. The molecule has 1 fully saturated rings. The molecule has 21 heavy (non-hydrogen) atoms. The Kier molecular flexibility index (Phi) is 6.50. The Labute approximate surface area is 133 Å². The molecule has 1 aliphatic rings. The van der Waals surface area contributed by atoms with Gasteiger partial charge in [-0.05, 0) is 49.8 Å². The highest BCUT2D eigenvalue weighted by atomic mass is 35.5. The molecule has 0 bridgehead atoms. The van der Waals surface area contributed by atoms with Crippen LogP contribution >= 0.6 is 11.6 Å². The van der Waals surface area contributed by atoms with Crippen molar-refractivity contribution < 1.29 is 4.39 Å². The van der Waals surface area contributed by atoms with E-state index in [1.165, 1.54) is 44.6 Å². The topological polar surface area (TPSA) is 12.0 Å². The van der Waals surface area contributed by atoms with Crippen LogP contribution in [0.25, 0.3) is 0 Å². The van der Waals surface area contributed by atoms with Gasteiger partial charge in [0.1, 0.15) is 5.82 Å². The van der Waals surface area contributed by atoms with Gasteiger partial charge in [-0.3, -0.25) is 0 Å². The minimum Gasteiger partial charge on any atom is -0.316 e. The Morgan fingerprint density at radius 3 is 2.62 bits per heavy atom. The van der Waals surface area contributed by atoms with Gasteiger partial charge in [-0.25, -0.2) is 4.39 Å². The van der Waals surface area contributed by atoms with Crippen molar-refractivity contribution in [1.82, 2.24) is 5.32 Å². The van der Waals surface area contributed by atoms with Crippen LogP contribution in [0.5, 0.6) is 0 Å². The normalized spacial score (nSPS) is 24.0. The number of likely N-dealkylation sites (N-methyl/N-ethyl adjacent to an activating group) is 1. The summed E-state index contributed by atoms with van der Waals surface area (Å²) in [6.07, 6.45) is 8.72. The molecule has 3 heteroatoms. The molecule has 118 valence electrons. The highest BCUT2D eigenvalue weighted by Gasteiger charge is 2.27. The van der Waals surface area contributed by atoms with Gasteiger partial charge in [0.2, 0.25) is 0 Å². The number of nitrogens with one attached hydrogen (secondary N) is 1. The van der Waals surface area contributed by atoms with E-state index in [0.717, 1.165) is 17.9 Å². The van der Waals surface area contributed by atoms with Crippen LogP contribution in [0.15, 0.2) is 18.2 Å². The Morgan fingerprint density at radius 2 is 2.00 bits per heavy atom. The van der Waals surface area contributed by atoms with Gasteiger partial charge < -0.3 is 5.32 Å². The van der Waals surface area contributed by atoms with Crippen LogP contribution in [-0.4, -0.2) is 13.1 Å². The van der Waals surface area contributed by atoms with Crippen molar-refractivity contribution in [3.63, 3.8) is 0 Å². The zero-order valence-electron chi connectivity index (χ0n) is 13.2. The predicted molar refractivity (Wildman–Crippen MR) is 88.3 cm³/mol. The van der Waals surface area contributed by atoms with Gasteiger partial charge in [-0.1, -0.05) is 56.3 Å². The summed E-state index contributed by atoms with van der Waals surface area (Å²) in [5.74, 6) is 1.29. The molecule has 1 N–H and O–H groups in total. The highest BCUT2D eigenvalue weighted by molar-refractivity contribution is 6.31. The molecule has 1 atom stereocenters. The molecule has 1 nitrogen and oxygen atoms in total. The third kappa shape index (κ3) is 4.43. The zero-order chi connectivity index (χ0) is 15.2. The first-order valence-corrected chi connectivity index (χ1v) is 8.63. The van der Waals surface area contributed by atoms with E-state index in [9.17, 15) is 4.39 Å². The molecule has 0 aromatic heterocycles. The summed E-state index contributed by atoms with van der Waals surface area (Å²) in [4.78, 5) is 0. The monoisotopic (exact) mass is 311 g/mol. The number of hydrogen-bond acceptors (Lipinski definition) is 1. The Hall–Kier alpha value is -0.600. The first-order valence-electron chi connectivity index (χ1n) is 8.25. The molecule has 2 rings (SSSR count). The van der Waals surface area contributed by atoms with Crippen LogP contribution in [0, 0.1) is 17.7 Å². The van der Waals surface area contributed by atoms with E-state index in [4.69, 9.17) is 11.6 Å². The van der Waals surface area contributed by atoms with E-state index in [-0.39, 0.29) is 10.8 Å². The van der Waals surface area contributed by atoms with Crippen LogP contribution in [0.1, 0.15) is 51.0 Å². The van der Waals surface area contributed by atoms with Crippen molar-refractivity contribution in [1.29, 1.82) is 0 Å². The largest absolute Gasteiger partial charge is 0.316 e. The predicted octanol–water partition coefficient (Wildman–Crippen LogP) is 5.22. The molecule has 1 aliphatic carbocycles. The molecule has 0 spiro atoms. The second kappa shape index (κ2) is 8.14. The maximum atomic E-state index is 13.6. The van der Waals surface area contributed by atoms with Crippen molar-refractivity contribution in [2.45, 2.75) is 57.9 Å². The Morgan fingerprint density at radius 1 is 1.29 bits per heavy atom. The van der Waals surface area contributed by atoms with Crippen LogP contribution in [0.4, 0.5) is 4.39 Å². The van der Waals surface area contributed by atoms with E-state index in [2.05, 4.69) is 12.2 Å². The van der Waals surface area contributed by atoms with E-state index >= 15 is 0 Å². The van der Waals surface area contributed by atoms with Crippen LogP contribution in [-0.2, 0) is 6.42 Å². The summed E-state index contributed by atoms with van der Waals surface area (Å²) in [5, 5.41) is 3.72. The minimum atomic E-state index is -0.310. The molecule has 1 aromatic rings. The van der Waals surface area contributed by atoms with Gasteiger partial charge in [-0.2, -0.15) is 0 Å². The second-order valence-electron chi connectivity index (χ2n) is 6.38. The highest BCUT2D eigenvalue weighted by Crippen LogP contribution is 2.34. The van der Waals surface area contributed by atoms with Crippen LogP contribution < -0.4 is 5.32 Å². The maximum absolute atomic E-state index is 13.6. The Bertz CT molecular complexity index is 441. The lowest BCUT2D eigenvalue weighted by Crippen LogP contribution is -2.37. The van der Waals surface area contributed by atoms with Crippen LogP contribution in [0.3, 0.4) is 0 Å². The summed E-state index contributed by atoms with van der Waals surface area (Å²) in [5.41, 5.74) is 0.923. The van der Waals surface area contributed by atoms with Crippen LogP contribution in [0.2, 0.25) is 5.02 Å². The summed E-state index contributed by atoms with van der Waals surface area (Å²) in [7, 11) is 2.01. The van der Waals surface area contributed by atoms with Crippen molar-refractivity contribution in [3.05, 3.63) is 34.6 Å². The first kappa shape index (κ1) is 16.8. The molecule has 1 aromatic carbocycles. The van der Waals surface area contributed by atoms with E-state index in [1.54, 1.807) is 6.07 Å². The number of benzene rings is 1. The molecular formula is C18H27ClFN. The number of halogens is 2. The maximum Gasteiger partial charge on any atom is 0.142 e. The van der Waals surface area contributed by atoms with E-state index in [1.807, 2.05) is 13.1 Å². The molecule has 0 radical (unpaired) electrons. The third-order valence-electron chi connectivity index (χ3n) is 5.00. The smallest absolute Gasteiger partial charge is 0.142 e. The third-order valence-corrected chi connectivity index (χ3v) is 5.42. The van der Waals surface area contributed by atoms with Gasteiger partial charge >= 0.3 is 0 Å². The standard InChI is InChI=1S/C18H27ClFN/c1-3-5-13-8-10-14(11-9-13)17(21-2)12-15-6-4-7-16(20)18(15)19/h4,6-7,13-14,17,21H,3,5,8-12H2,1-2H3. The van der Waals surface area contributed by atoms with Gasteiger partial charge in [0.25, 0.3) is 0 Å². The fourth-order valence-electron chi connectivity index (χ4n) is 3.73. The van der Waals surface area contributed by atoms with Crippen molar-refractivity contribution >= 4 is 11.6 Å². The number of hydrogen-bond donors (Lipinski definition) is 1. The lowest BCUT2D eigenvalue weighted by atomic mass is 9.76. The summed E-state index contributed by atoms with van der Waals surface area (Å²) in [6, 6.07) is 5.52. The fourth-order valence-corrected chi connectivity index (χ4v) is 3.94. The summed E-state index contributed by atoms with van der Waals surface area (Å²) < 4.78 is 13.6. The van der Waals surface area contributed by atoms with Gasteiger partial charge in [0.15, 0.2) is 0 Å². The minimum absolute atomic E-state index is 0.289. The Balaban J connectivity index is 1.96.